The number of nitrogen functional groups attached to an aromatic ring is 1. The fraction of sp³-hybridized carbons (Fsp3) is 0.400. The zero-order valence-electron chi connectivity index (χ0n) is 8.27. The summed E-state index contributed by atoms with van der Waals surface area (Å²) in [6.07, 6.45) is 0. The molecular formula is C10H18N2O. The predicted octanol–water partition coefficient (Wildman–Crippen LogP) is 0.809. The van der Waals surface area contributed by atoms with Gasteiger partial charge in [-0.05, 0) is 26.2 Å². The molecule has 3 nitrogen and oxygen atoms in total. The van der Waals surface area contributed by atoms with Crippen LogP contribution in [0.15, 0.2) is 30.3 Å². The van der Waals surface area contributed by atoms with Crippen LogP contribution in [0.25, 0.3) is 0 Å². The number of rotatable bonds is 2. The molecule has 0 aliphatic carbocycles. The van der Waals surface area contributed by atoms with Crippen LogP contribution in [-0.4, -0.2) is 37.3 Å². The molecule has 13 heavy (non-hydrogen) atoms. The van der Waals surface area contributed by atoms with E-state index in [1.54, 1.807) is 0 Å². The van der Waals surface area contributed by atoms with Crippen molar-refractivity contribution >= 4 is 5.69 Å². The first-order chi connectivity index (χ1) is 6.16. The molecule has 0 unspecified atom stereocenters. The van der Waals surface area contributed by atoms with Gasteiger partial charge in [0.1, 0.15) is 0 Å². The van der Waals surface area contributed by atoms with Gasteiger partial charge < -0.3 is 15.7 Å². The molecule has 74 valence electrons. The number of nitrogens with two attached hydrogens (primary N) is 1. The van der Waals surface area contributed by atoms with Gasteiger partial charge in [0.25, 0.3) is 0 Å². The lowest BCUT2D eigenvalue weighted by molar-refractivity contribution is 0.243. The maximum Gasteiger partial charge on any atom is 0.0558 e. The van der Waals surface area contributed by atoms with Crippen LogP contribution in [-0.2, 0) is 0 Å². The zero-order chi connectivity index (χ0) is 10.1. The molecule has 1 aromatic carbocycles. The molecule has 0 radical (unpaired) electrons. The third-order valence-corrected chi connectivity index (χ3v) is 1.35. The van der Waals surface area contributed by atoms with Gasteiger partial charge in [-0.3, -0.25) is 0 Å². The molecule has 0 fully saturated rings. The monoisotopic (exact) mass is 182 g/mol. The maximum atomic E-state index is 8.20. The summed E-state index contributed by atoms with van der Waals surface area (Å²) in [6, 6.07) is 9.49. The molecule has 0 aliphatic heterocycles. The van der Waals surface area contributed by atoms with Gasteiger partial charge in [0.15, 0.2) is 0 Å². The first-order valence-electron chi connectivity index (χ1n) is 4.23. The number of hydrogen-bond acceptors (Lipinski definition) is 3. The second kappa shape index (κ2) is 7.58. The molecule has 1 rings (SSSR count). The van der Waals surface area contributed by atoms with Crippen molar-refractivity contribution < 1.29 is 5.11 Å². The Morgan fingerprint density at radius 3 is 1.92 bits per heavy atom. The third kappa shape index (κ3) is 8.85. The number of likely N-dealkylation sites (N-methyl/N-ethyl adjacent to an activating group) is 1. The Morgan fingerprint density at radius 2 is 1.77 bits per heavy atom. The minimum absolute atomic E-state index is 0.257. The minimum atomic E-state index is 0.257. The van der Waals surface area contributed by atoms with Gasteiger partial charge in [-0.1, -0.05) is 18.2 Å². The molecule has 0 atom stereocenters. The highest BCUT2D eigenvalue weighted by Crippen LogP contribution is 1.95. The van der Waals surface area contributed by atoms with Crippen molar-refractivity contribution in [3.63, 3.8) is 0 Å². The first kappa shape index (κ1) is 11.9. The van der Waals surface area contributed by atoms with Crippen LogP contribution in [0.4, 0.5) is 5.69 Å². The van der Waals surface area contributed by atoms with Crippen LogP contribution in [0.1, 0.15) is 0 Å². The van der Waals surface area contributed by atoms with E-state index in [1.165, 1.54) is 0 Å². The molecule has 0 heterocycles. The van der Waals surface area contributed by atoms with E-state index < -0.39 is 0 Å². The van der Waals surface area contributed by atoms with E-state index in [-0.39, 0.29) is 6.61 Å². The second-order valence-corrected chi connectivity index (χ2v) is 2.94. The number of para-hydroxylation sites is 1. The Hall–Kier alpha value is -1.06. The number of hydrogen-bond donors (Lipinski definition) is 2. The fourth-order valence-corrected chi connectivity index (χ4v) is 0.653. The highest BCUT2D eigenvalue weighted by atomic mass is 16.3. The number of aliphatic hydroxyl groups is 1. The SMILES string of the molecule is CN(C)CCO.Nc1ccccc1. The summed E-state index contributed by atoms with van der Waals surface area (Å²) in [6.45, 7) is 1.02. The predicted molar refractivity (Wildman–Crippen MR) is 56.5 cm³/mol. The molecule has 0 spiro atoms. The van der Waals surface area contributed by atoms with Crippen LogP contribution in [0.3, 0.4) is 0 Å². The van der Waals surface area contributed by atoms with E-state index in [9.17, 15) is 0 Å². The van der Waals surface area contributed by atoms with E-state index in [0.717, 1.165) is 12.2 Å². The Labute approximate surface area is 79.8 Å². The molecule has 0 aliphatic rings. The summed E-state index contributed by atoms with van der Waals surface area (Å²) >= 11 is 0. The van der Waals surface area contributed by atoms with Crippen LogP contribution in [0.2, 0.25) is 0 Å². The van der Waals surface area contributed by atoms with Crippen LogP contribution in [0, 0.1) is 0 Å². The van der Waals surface area contributed by atoms with Crippen molar-refractivity contribution in [1.29, 1.82) is 0 Å². The molecule has 1 aromatic rings. The van der Waals surface area contributed by atoms with Gasteiger partial charge in [0.2, 0.25) is 0 Å². The van der Waals surface area contributed by atoms with Gasteiger partial charge in [-0.25, -0.2) is 0 Å². The molecule has 0 amide bonds. The number of nitrogens with zero attached hydrogens (tertiary/aromatic N) is 1. The minimum Gasteiger partial charge on any atom is -0.399 e. The number of aliphatic hydroxyl groups excluding tert-OH is 1. The average Bonchev–Trinajstić information content (AvgIpc) is 2.06. The van der Waals surface area contributed by atoms with Crippen molar-refractivity contribution in [3.05, 3.63) is 30.3 Å². The summed E-state index contributed by atoms with van der Waals surface area (Å²) in [4.78, 5) is 1.93. The van der Waals surface area contributed by atoms with E-state index in [1.807, 2.05) is 49.3 Å². The summed E-state index contributed by atoms with van der Waals surface area (Å²) in [5.74, 6) is 0. The smallest absolute Gasteiger partial charge is 0.0558 e. The lowest BCUT2D eigenvalue weighted by Crippen LogP contribution is -2.15. The van der Waals surface area contributed by atoms with Gasteiger partial charge >= 0.3 is 0 Å². The average molecular weight is 182 g/mol. The van der Waals surface area contributed by atoms with Crippen LogP contribution in [0.5, 0.6) is 0 Å². The largest absolute Gasteiger partial charge is 0.399 e. The molecule has 0 bridgehead atoms. The Bertz CT molecular complexity index is 199. The van der Waals surface area contributed by atoms with Crippen LogP contribution >= 0.6 is 0 Å². The third-order valence-electron chi connectivity index (χ3n) is 1.35. The topological polar surface area (TPSA) is 49.5 Å². The van der Waals surface area contributed by atoms with Gasteiger partial charge in [-0.15, -0.1) is 0 Å². The standard InChI is InChI=1S/C6H7N.C4H11NO/c7-6-4-2-1-3-5-6;1-5(2)3-4-6/h1-5H,7H2;6H,3-4H2,1-2H3. The zero-order valence-corrected chi connectivity index (χ0v) is 8.27. The fourth-order valence-electron chi connectivity index (χ4n) is 0.653. The van der Waals surface area contributed by atoms with Gasteiger partial charge in [0.05, 0.1) is 6.61 Å². The quantitative estimate of drug-likeness (QED) is 0.665. The highest BCUT2D eigenvalue weighted by molar-refractivity contribution is 5.35. The molecule has 3 heteroatoms. The summed E-state index contributed by atoms with van der Waals surface area (Å²) in [5.41, 5.74) is 6.18. The van der Waals surface area contributed by atoms with E-state index in [0.29, 0.717) is 0 Å². The molecular weight excluding hydrogens is 164 g/mol. The van der Waals surface area contributed by atoms with Crippen molar-refractivity contribution in [2.45, 2.75) is 0 Å². The van der Waals surface area contributed by atoms with Gasteiger partial charge in [-0.2, -0.15) is 0 Å². The van der Waals surface area contributed by atoms with Gasteiger partial charge in [0, 0.05) is 12.2 Å². The summed E-state index contributed by atoms with van der Waals surface area (Å²) < 4.78 is 0. The lowest BCUT2D eigenvalue weighted by atomic mass is 10.3. The van der Waals surface area contributed by atoms with Crippen molar-refractivity contribution in [3.8, 4) is 0 Å². The molecule has 0 saturated carbocycles. The van der Waals surface area contributed by atoms with Crippen molar-refractivity contribution in [1.82, 2.24) is 4.90 Å². The highest BCUT2D eigenvalue weighted by Gasteiger charge is 1.80. The molecule has 0 aromatic heterocycles. The molecule has 3 N–H and O–H groups in total. The Kier molecular flexibility index (Phi) is 6.96. The van der Waals surface area contributed by atoms with Crippen LogP contribution < -0.4 is 5.73 Å². The van der Waals surface area contributed by atoms with E-state index in [2.05, 4.69) is 0 Å². The Morgan fingerprint density at radius 1 is 1.23 bits per heavy atom. The molecule has 0 saturated heterocycles. The second-order valence-electron chi connectivity index (χ2n) is 2.94. The maximum absolute atomic E-state index is 8.20. The van der Waals surface area contributed by atoms with E-state index in [4.69, 9.17) is 10.8 Å². The van der Waals surface area contributed by atoms with Crippen molar-refractivity contribution in [2.24, 2.45) is 0 Å². The number of benzene rings is 1. The van der Waals surface area contributed by atoms with Crippen molar-refractivity contribution in [2.75, 3.05) is 33.0 Å². The first-order valence-corrected chi connectivity index (χ1v) is 4.23. The Balaban J connectivity index is 0.000000226. The normalized spacial score (nSPS) is 9.23. The summed E-state index contributed by atoms with van der Waals surface area (Å²) in [7, 11) is 3.85. The number of anilines is 1. The van der Waals surface area contributed by atoms with E-state index >= 15 is 0 Å². The summed E-state index contributed by atoms with van der Waals surface area (Å²) in [5, 5.41) is 8.20. The lowest BCUT2D eigenvalue weighted by Gasteiger charge is -2.03.